The van der Waals surface area contributed by atoms with Crippen molar-refractivity contribution in [3.63, 3.8) is 0 Å². The molecular weight excluding hydrogens is 135 g/mol. The van der Waals surface area contributed by atoms with Crippen LogP contribution in [0.5, 0.6) is 0 Å². The van der Waals surface area contributed by atoms with E-state index in [1.165, 1.54) is 13.8 Å². The summed E-state index contributed by atoms with van der Waals surface area (Å²) in [5, 5.41) is 0. The van der Waals surface area contributed by atoms with Gasteiger partial charge in [0.1, 0.15) is 0 Å². The number of carbonyl (C=O) groups excluding carboxylic acids is 2. The van der Waals surface area contributed by atoms with Gasteiger partial charge in [0.15, 0.2) is 11.6 Å². The van der Waals surface area contributed by atoms with Crippen LogP contribution in [0, 0.1) is 0 Å². The second-order valence-electron chi connectivity index (χ2n) is 1.11. The van der Waals surface area contributed by atoms with Crippen molar-refractivity contribution >= 4 is 11.6 Å². The van der Waals surface area contributed by atoms with E-state index in [2.05, 4.69) is 0 Å². The zero-order chi connectivity index (χ0) is 5.15. The smallest absolute Gasteiger partial charge is 0.195 e. The molecule has 0 aliphatic rings. The number of ketones is 2. The molecule has 0 aromatic heterocycles. The SMILES string of the molecule is CC(=O)C(C)=O.[Mn]. The standard InChI is InChI=1S/C4H6O2.Mn/c1-3(5)4(2)6;/h1-2H3;. The first-order valence-corrected chi connectivity index (χ1v) is 1.66. The Morgan fingerprint density at radius 3 is 1.14 bits per heavy atom. The number of hydrogen-bond acceptors (Lipinski definition) is 2. The van der Waals surface area contributed by atoms with E-state index in [0.717, 1.165) is 0 Å². The molecule has 0 saturated carbocycles. The Balaban J connectivity index is 0. The van der Waals surface area contributed by atoms with Crippen LogP contribution in [0.1, 0.15) is 13.8 Å². The van der Waals surface area contributed by atoms with E-state index < -0.39 is 0 Å². The summed E-state index contributed by atoms with van der Waals surface area (Å²) in [7, 11) is 0. The summed E-state index contributed by atoms with van der Waals surface area (Å²) in [5.74, 6) is -0.759. The summed E-state index contributed by atoms with van der Waals surface area (Å²) in [4.78, 5) is 19.6. The average Bonchev–Trinajstić information content (AvgIpc) is 1.36. The third-order valence-corrected chi connectivity index (χ3v) is 0.496. The Bertz CT molecular complexity index is 75.7. The maximum atomic E-state index is 9.79. The second kappa shape index (κ2) is 4.03. The van der Waals surface area contributed by atoms with Gasteiger partial charge in [-0.3, -0.25) is 9.59 Å². The molecule has 0 saturated heterocycles. The third kappa shape index (κ3) is 5.86. The first kappa shape index (κ1) is 9.97. The molecule has 2 nitrogen and oxygen atoms in total. The molecule has 0 rings (SSSR count). The molecule has 0 aromatic carbocycles. The largest absolute Gasteiger partial charge is 0.291 e. The van der Waals surface area contributed by atoms with Crippen molar-refractivity contribution in [2.75, 3.05) is 0 Å². The van der Waals surface area contributed by atoms with E-state index in [4.69, 9.17) is 0 Å². The van der Waals surface area contributed by atoms with Gasteiger partial charge in [-0.25, -0.2) is 0 Å². The second-order valence-corrected chi connectivity index (χ2v) is 1.11. The molecule has 41 valence electrons. The van der Waals surface area contributed by atoms with Gasteiger partial charge in [0.25, 0.3) is 0 Å². The van der Waals surface area contributed by atoms with E-state index in [1.54, 1.807) is 0 Å². The van der Waals surface area contributed by atoms with Gasteiger partial charge >= 0.3 is 0 Å². The number of Topliss-reactive ketones (excluding diaryl/α,β-unsaturated/α-hetero) is 2. The van der Waals surface area contributed by atoms with Crippen molar-refractivity contribution in [2.24, 2.45) is 0 Å². The van der Waals surface area contributed by atoms with E-state index in [9.17, 15) is 9.59 Å². The predicted octanol–water partition coefficient (Wildman–Crippen LogP) is 0.162. The predicted molar refractivity (Wildman–Crippen MR) is 21.4 cm³/mol. The van der Waals surface area contributed by atoms with Gasteiger partial charge in [-0.05, 0) is 0 Å². The minimum atomic E-state index is -0.380. The van der Waals surface area contributed by atoms with Crippen molar-refractivity contribution in [3.8, 4) is 0 Å². The maximum Gasteiger partial charge on any atom is 0.195 e. The van der Waals surface area contributed by atoms with Crippen LogP contribution >= 0.6 is 0 Å². The quantitative estimate of drug-likeness (QED) is 0.385. The van der Waals surface area contributed by atoms with Crippen molar-refractivity contribution in [1.29, 1.82) is 0 Å². The van der Waals surface area contributed by atoms with Crippen molar-refractivity contribution in [3.05, 3.63) is 0 Å². The van der Waals surface area contributed by atoms with E-state index in [-0.39, 0.29) is 28.6 Å². The zero-order valence-corrected chi connectivity index (χ0v) is 5.37. The van der Waals surface area contributed by atoms with Crippen LogP contribution in [-0.2, 0) is 26.7 Å². The molecule has 0 amide bonds. The van der Waals surface area contributed by atoms with Gasteiger partial charge in [-0.15, -0.1) is 0 Å². The van der Waals surface area contributed by atoms with Gasteiger partial charge in [0.2, 0.25) is 0 Å². The van der Waals surface area contributed by atoms with Gasteiger partial charge in [0.05, 0.1) is 0 Å². The number of hydrogen-bond donors (Lipinski definition) is 0. The minimum absolute atomic E-state index is 0. The summed E-state index contributed by atoms with van der Waals surface area (Å²) in [6, 6.07) is 0. The molecule has 0 spiro atoms. The molecule has 1 radical (unpaired) electrons. The van der Waals surface area contributed by atoms with Crippen molar-refractivity contribution in [1.82, 2.24) is 0 Å². The van der Waals surface area contributed by atoms with E-state index in [0.29, 0.717) is 0 Å². The fourth-order valence-electron chi connectivity index (χ4n) is 0. The number of carbonyl (C=O) groups is 2. The monoisotopic (exact) mass is 141 g/mol. The topological polar surface area (TPSA) is 34.1 Å². The molecule has 0 heterocycles. The Morgan fingerprint density at radius 1 is 1.00 bits per heavy atom. The third-order valence-electron chi connectivity index (χ3n) is 0.496. The van der Waals surface area contributed by atoms with Crippen LogP contribution in [-0.4, -0.2) is 11.6 Å². The average molecular weight is 141 g/mol. The summed E-state index contributed by atoms with van der Waals surface area (Å²) in [6.07, 6.45) is 0. The fraction of sp³-hybridized carbons (Fsp3) is 0.500. The Morgan fingerprint density at radius 2 is 1.14 bits per heavy atom. The molecule has 0 fully saturated rings. The molecule has 0 bridgehead atoms. The summed E-state index contributed by atoms with van der Waals surface area (Å²) in [5.41, 5.74) is 0. The van der Waals surface area contributed by atoms with Crippen LogP contribution in [0.15, 0.2) is 0 Å². The molecule has 0 aliphatic carbocycles. The minimum Gasteiger partial charge on any atom is -0.291 e. The van der Waals surface area contributed by atoms with Crippen LogP contribution in [0.25, 0.3) is 0 Å². The molecule has 0 aromatic rings. The summed E-state index contributed by atoms with van der Waals surface area (Å²) < 4.78 is 0. The Kier molecular flexibility index (Phi) is 5.74. The normalized spacial score (nSPS) is 6.57. The first-order chi connectivity index (χ1) is 2.64. The number of rotatable bonds is 1. The molecule has 0 aliphatic heterocycles. The van der Waals surface area contributed by atoms with Crippen molar-refractivity contribution in [2.45, 2.75) is 13.8 Å². The van der Waals surface area contributed by atoms with Gasteiger partial charge in [-0.2, -0.15) is 0 Å². The summed E-state index contributed by atoms with van der Waals surface area (Å²) >= 11 is 0. The Hall–Kier alpha value is -0.141. The zero-order valence-electron chi connectivity index (χ0n) is 4.19. The summed E-state index contributed by atoms with van der Waals surface area (Å²) in [6.45, 7) is 2.50. The van der Waals surface area contributed by atoms with Gasteiger partial charge < -0.3 is 0 Å². The van der Waals surface area contributed by atoms with Gasteiger partial charge in [0, 0.05) is 30.9 Å². The maximum absolute atomic E-state index is 9.79. The molecular formula is C4H6MnO2. The van der Waals surface area contributed by atoms with Crippen molar-refractivity contribution < 1.29 is 26.7 Å². The van der Waals surface area contributed by atoms with Crippen LogP contribution in [0.2, 0.25) is 0 Å². The van der Waals surface area contributed by atoms with Crippen LogP contribution in [0.3, 0.4) is 0 Å². The fourth-order valence-corrected chi connectivity index (χ4v) is 0. The van der Waals surface area contributed by atoms with Gasteiger partial charge in [-0.1, -0.05) is 0 Å². The molecule has 0 N–H and O–H groups in total. The molecule has 0 atom stereocenters. The van der Waals surface area contributed by atoms with Crippen LogP contribution in [0.4, 0.5) is 0 Å². The Labute approximate surface area is 52.8 Å². The van der Waals surface area contributed by atoms with Crippen LogP contribution < -0.4 is 0 Å². The molecule has 0 unspecified atom stereocenters. The molecule has 3 heteroatoms. The first-order valence-electron chi connectivity index (χ1n) is 1.66. The van der Waals surface area contributed by atoms with E-state index in [1.807, 2.05) is 0 Å². The van der Waals surface area contributed by atoms with E-state index >= 15 is 0 Å². The molecule has 7 heavy (non-hydrogen) atoms.